The first-order valence-corrected chi connectivity index (χ1v) is 8.40. The minimum atomic E-state index is -2.92. The van der Waals surface area contributed by atoms with Crippen LogP contribution in [-0.2, 0) is 16.9 Å². The number of thioether (sulfide) groups is 1. The third kappa shape index (κ3) is 3.92. The second kappa shape index (κ2) is 5.30. The number of nitrogens with two attached hydrogens (primary N) is 1. The lowest BCUT2D eigenvalue weighted by Crippen LogP contribution is -2.06. The maximum atomic E-state index is 11.0. The molecule has 0 aromatic carbocycles. The molecule has 0 fully saturated rings. The largest absolute Gasteiger partial charge is 0.395 e. The minimum Gasteiger partial charge on any atom is -0.395 e. The van der Waals surface area contributed by atoms with Crippen LogP contribution in [0.1, 0.15) is 25.5 Å². The molecule has 0 aliphatic carbocycles. The van der Waals surface area contributed by atoms with Gasteiger partial charge in [0.15, 0.2) is 0 Å². The lowest BCUT2D eigenvalue weighted by atomic mass is 10.1. The van der Waals surface area contributed by atoms with Crippen LogP contribution in [0.15, 0.2) is 5.03 Å². The maximum absolute atomic E-state index is 11.0. The number of aryl methyl sites for hydroxylation is 1. The molecular weight excluding hydrogens is 258 g/mol. The fourth-order valence-corrected chi connectivity index (χ4v) is 3.66. The third-order valence-electron chi connectivity index (χ3n) is 2.30. The molecule has 2 N–H and O–H groups in total. The smallest absolute Gasteiger partial charge is 0.148 e. The number of rotatable bonds is 5. The zero-order valence-corrected chi connectivity index (χ0v) is 12.2. The first-order chi connectivity index (χ1) is 7.72. The van der Waals surface area contributed by atoms with Crippen molar-refractivity contribution in [2.45, 2.75) is 24.8 Å². The molecule has 0 amide bonds. The molecule has 0 saturated carbocycles. The average Bonchev–Trinajstić information content (AvgIpc) is 2.43. The van der Waals surface area contributed by atoms with Gasteiger partial charge in [0.25, 0.3) is 0 Å². The monoisotopic (exact) mass is 277 g/mol. The van der Waals surface area contributed by atoms with Crippen LogP contribution in [0.4, 0.5) is 5.69 Å². The second-order valence-corrected chi connectivity index (χ2v) is 7.70. The van der Waals surface area contributed by atoms with Gasteiger partial charge in [0.2, 0.25) is 0 Å². The Bertz CT molecular complexity index is 492. The van der Waals surface area contributed by atoms with Crippen LogP contribution in [-0.4, -0.2) is 36.0 Å². The summed E-state index contributed by atoms with van der Waals surface area (Å²) in [5.41, 5.74) is 7.54. The van der Waals surface area contributed by atoms with Crippen molar-refractivity contribution < 1.29 is 8.42 Å². The van der Waals surface area contributed by atoms with Crippen LogP contribution in [0.3, 0.4) is 0 Å². The van der Waals surface area contributed by atoms with Gasteiger partial charge >= 0.3 is 0 Å². The molecule has 0 aliphatic rings. The molecule has 1 aromatic heterocycles. The maximum Gasteiger partial charge on any atom is 0.148 e. The van der Waals surface area contributed by atoms with Crippen LogP contribution in [0.25, 0.3) is 0 Å². The molecule has 0 radical (unpaired) electrons. The van der Waals surface area contributed by atoms with E-state index in [4.69, 9.17) is 5.73 Å². The summed E-state index contributed by atoms with van der Waals surface area (Å²) in [7, 11) is -1.10. The molecule has 0 spiro atoms. The fraction of sp³-hybridized carbons (Fsp3) is 0.700. The van der Waals surface area contributed by atoms with Gasteiger partial charge in [-0.15, -0.1) is 11.8 Å². The van der Waals surface area contributed by atoms with E-state index in [0.29, 0.717) is 11.4 Å². The number of aromatic nitrogens is 2. The van der Waals surface area contributed by atoms with Crippen molar-refractivity contribution in [3.05, 3.63) is 5.69 Å². The lowest BCUT2D eigenvalue weighted by Gasteiger charge is -2.03. The first kappa shape index (κ1) is 14.4. The van der Waals surface area contributed by atoms with Crippen LogP contribution in [0, 0.1) is 0 Å². The molecule has 0 atom stereocenters. The van der Waals surface area contributed by atoms with E-state index >= 15 is 0 Å². The molecular formula is C10H19N3O2S2. The minimum absolute atomic E-state index is 0.152. The van der Waals surface area contributed by atoms with Crippen molar-refractivity contribution in [3.63, 3.8) is 0 Å². The summed E-state index contributed by atoms with van der Waals surface area (Å²) in [5.74, 6) is 0.921. The molecule has 7 heteroatoms. The van der Waals surface area contributed by atoms with Crippen molar-refractivity contribution in [1.29, 1.82) is 0 Å². The molecule has 5 nitrogen and oxygen atoms in total. The van der Waals surface area contributed by atoms with Gasteiger partial charge in [0.1, 0.15) is 14.9 Å². The summed E-state index contributed by atoms with van der Waals surface area (Å²) in [6, 6.07) is 0. The van der Waals surface area contributed by atoms with Gasteiger partial charge in [0.05, 0.1) is 17.1 Å². The predicted molar refractivity (Wildman–Crippen MR) is 72.1 cm³/mol. The van der Waals surface area contributed by atoms with Crippen LogP contribution in [0.2, 0.25) is 0 Å². The number of sulfone groups is 1. The average molecular weight is 277 g/mol. The zero-order valence-electron chi connectivity index (χ0n) is 10.6. The van der Waals surface area contributed by atoms with E-state index in [1.54, 1.807) is 4.68 Å². The number of nitrogen functional groups attached to an aromatic ring is 1. The lowest BCUT2D eigenvalue weighted by molar-refractivity contribution is 0.603. The van der Waals surface area contributed by atoms with Crippen molar-refractivity contribution >= 4 is 27.3 Å². The molecule has 0 bridgehead atoms. The fourth-order valence-electron chi connectivity index (χ4n) is 1.43. The summed E-state index contributed by atoms with van der Waals surface area (Å²) in [5, 5.41) is 5.19. The predicted octanol–water partition coefficient (Wildman–Crippen LogP) is 1.26. The van der Waals surface area contributed by atoms with Gasteiger partial charge in [0, 0.05) is 19.1 Å². The van der Waals surface area contributed by atoms with Gasteiger partial charge in [-0.05, 0) is 5.92 Å². The van der Waals surface area contributed by atoms with E-state index in [1.807, 2.05) is 20.9 Å². The van der Waals surface area contributed by atoms with E-state index in [-0.39, 0.29) is 11.7 Å². The quantitative estimate of drug-likeness (QED) is 0.820. The number of hydrogen-bond acceptors (Lipinski definition) is 5. The highest BCUT2D eigenvalue weighted by Crippen LogP contribution is 2.31. The molecule has 0 unspecified atom stereocenters. The molecule has 98 valence electrons. The number of nitrogens with zero attached hydrogens (tertiary/aromatic N) is 2. The molecule has 0 saturated heterocycles. The standard InChI is InChI=1S/C10H19N3O2S2/c1-7(2)9-8(11)10(13(3)12-9)16-5-6-17(4,14)15/h7H,5-6,11H2,1-4H3. The molecule has 1 heterocycles. The van der Waals surface area contributed by atoms with E-state index in [9.17, 15) is 8.42 Å². The summed E-state index contributed by atoms with van der Waals surface area (Å²) in [4.78, 5) is 0. The Kier molecular flexibility index (Phi) is 4.48. The summed E-state index contributed by atoms with van der Waals surface area (Å²) in [6.07, 6.45) is 1.24. The van der Waals surface area contributed by atoms with Gasteiger partial charge in [-0.2, -0.15) is 5.10 Å². The van der Waals surface area contributed by atoms with Crippen LogP contribution >= 0.6 is 11.8 Å². The number of anilines is 1. The summed E-state index contributed by atoms with van der Waals surface area (Å²) in [6.45, 7) is 4.06. The Labute approximate surface area is 107 Å². The van der Waals surface area contributed by atoms with Crippen molar-refractivity contribution in [2.24, 2.45) is 7.05 Å². The zero-order chi connectivity index (χ0) is 13.2. The van der Waals surface area contributed by atoms with Gasteiger partial charge in [-0.25, -0.2) is 8.42 Å². The van der Waals surface area contributed by atoms with Crippen molar-refractivity contribution in [1.82, 2.24) is 9.78 Å². The van der Waals surface area contributed by atoms with Gasteiger partial charge in [-0.1, -0.05) is 13.8 Å². The Balaban J connectivity index is 2.78. The molecule has 1 rings (SSSR count). The Morgan fingerprint density at radius 2 is 2.06 bits per heavy atom. The van der Waals surface area contributed by atoms with Crippen molar-refractivity contribution in [3.8, 4) is 0 Å². The Morgan fingerprint density at radius 1 is 1.47 bits per heavy atom. The van der Waals surface area contributed by atoms with E-state index in [1.165, 1.54) is 18.0 Å². The van der Waals surface area contributed by atoms with Crippen LogP contribution in [0.5, 0.6) is 0 Å². The highest BCUT2D eigenvalue weighted by Gasteiger charge is 2.16. The Morgan fingerprint density at radius 3 is 2.47 bits per heavy atom. The SMILES string of the molecule is CC(C)c1nn(C)c(SCCS(C)(=O)=O)c1N. The normalized spacial score (nSPS) is 12.3. The first-order valence-electron chi connectivity index (χ1n) is 5.35. The molecule has 0 aliphatic heterocycles. The topological polar surface area (TPSA) is 78.0 Å². The molecule has 17 heavy (non-hydrogen) atoms. The van der Waals surface area contributed by atoms with Gasteiger partial charge in [-0.3, -0.25) is 4.68 Å². The third-order valence-corrected chi connectivity index (χ3v) is 4.67. The second-order valence-electron chi connectivity index (χ2n) is 4.36. The Hall–Kier alpha value is -0.690. The number of hydrogen-bond donors (Lipinski definition) is 1. The summed E-state index contributed by atoms with van der Waals surface area (Å²) >= 11 is 1.44. The van der Waals surface area contributed by atoms with E-state index < -0.39 is 9.84 Å². The highest BCUT2D eigenvalue weighted by molar-refractivity contribution is 8.00. The summed E-state index contributed by atoms with van der Waals surface area (Å²) < 4.78 is 23.8. The van der Waals surface area contributed by atoms with Crippen molar-refractivity contribution in [2.75, 3.05) is 23.5 Å². The van der Waals surface area contributed by atoms with Gasteiger partial charge < -0.3 is 5.73 Å². The van der Waals surface area contributed by atoms with Crippen LogP contribution < -0.4 is 5.73 Å². The van der Waals surface area contributed by atoms with E-state index in [0.717, 1.165) is 10.7 Å². The highest BCUT2D eigenvalue weighted by atomic mass is 32.2. The molecule has 1 aromatic rings. The van der Waals surface area contributed by atoms with E-state index in [2.05, 4.69) is 5.10 Å².